The second kappa shape index (κ2) is 7.46. The SMILES string of the molecule is COc1cc(Br)c(OCC(=O)C2CCCCC2)cc1Br. The van der Waals surface area contributed by atoms with E-state index in [2.05, 4.69) is 31.9 Å². The van der Waals surface area contributed by atoms with Crippen LogP contribution in [-0.4, -0.2) is 19.5 Å². The fraction of sp³-hybridized carbons (Fsp3) is 0.533. The molecule has 1 saturated carbocycles. The van der Waals surface area contributed by atoms with Crippen molar-refractivity contribution in [2.45, 2.75) is 32.1 Å². The van der Waals surface area contributed by atoms with Crippen molar-refractivity contribution in [2.75, 3.05) is 13.7 Å². The fourth-order valence-electron chi connectivity index (χ4n) is 2.47. The highest BCUT2D eigenvalue weighted by Crippen LogP contribution is 2.36. The Balaban J connectivity index is 1.96. The topological polar surface area (TPSA) is 35.5 Å². The molecule has 0 spiro atoms. The van der Waals surface area contributed by atoms with Crippen molar-refractivity contribution >= 4 is 37.6 Å². The maximum atomic E-state index is 12.1. The lowest BCUT2D eigenvalue weighted by molar-refractivity contribution is -0.125. The average molecular weight is 406 g/mol. The normalized spacial score (nSPS) is 15.9. The average Bonchev–Trinajstić information content (AvgIpc) is 2.48. The molecule has 1 aliphatic carbocycles. The largest absolute Gasteiger partial charge is 0.496 e. The molecule has 1 aromatic carbocycles. The van der Waals surface area contributed by atoms with Gasteiger partial charge in [0.25, 0.3) is 0 Å². The summed E-state index contributed by atoms with van der Waals surface area (Å²) in [5.41, 5.74) is 0. The van der Waals surface area contributed by atoms with Crippen LogP contribution in [0.2, 0.25) is 0 Å². The predicted molar refractivity (Wildman–Crippen MR) is 85.5 cm³/mol. The van der Waals surface area contributed by atoms with Gasteiger partial charge in [-0.05, 0) is 56.8 Å². The van der Waals surface area contributed by atoms with E-state index in [1.807, 2.05) is 12.1 Å². The first-order chi connectivity index (χ1) is 9.61. The molecule has 0 heterocycles. The van der Waals surface area contributed by atoms with E-state index in [4.69, 9.17) is 9.47 Å². The lowest BCUT2D eigenvalue weighted by Gasteiger charge is -2.20. The Hall–Kier alpha value is -0.550. The third-order valence-corrected chi connectivity index (χ3v) is 4.88. The first-order valence-electron chi connectivity index (χ1n) is 6.80. The molecular weight excluding hydrogens is 388 g/mol. The van der Waals surface area contributed by atoms with Gasteiger partial charge in [0.15, 0.2) is 5.78 Å². The van der Waals surface area contributed by atoms with E-state index >= 15 is 0 Å². The lowest BCUT2D eigenvalue weighted by atomic mass is 9.86. The van der Waals surface area contributed by atoms with Gasteiger partial charge in [0.2, 0.25) is 0 Å². The van der Waals surface area contributed by atoms with E-state index in [0.29, 0.717) is 5.75 Å². The van der Waals surface area contributed by atoms with Crippen molar-refractivity contribution in [3.63, 3.8) is 0 Å². The maximum absolute atomic E-state index is 12.1. The highest BCUT2D eigenvalue weighted by Gasteiger charge is 2.21. The number of ketones is 1. The number of hydrogen-bond donors (Lipinski definition) is 0. The Morgan fingerprint density at radius 3 is 2.40 bits per heavy atom. The monoisotopic (exact) mass is 404 g/mol. The minimum absolute atomic E-state index is 0.141. The molecule has 0 amide bonds. The van der Waals surface area contributed by atoms with Crippen molar-refractivity contribution in [1.82, 2.24) is 0 Å². The smallest absolute Gasteiger partial charge is 0.173 e. The van der Waals surface area contributed by atoms with Gasteiger partial charge in [0, 0.05) is 5.92 Å². The summed E-state index contributed by atoms with van der Waals surface area (Å²) in [4.78, 5) is 12.1. The van der Waals surface area contributed by atoms with Crippen molar-refractivity contribution < 1.29 is 14.3 Å². The van der Waals surface area contributed by atoms with Gasteiger partial charge in [-0.15, -0.1) is 0 Å². The summed E-state index contributed by atoms with van der Waals surface area (Å²) in [5, 5.41) is 0. The van der Waals surface area contributed by atoms with Crippen LogP contribution in [0.1, 0.15) is 32.1 Å². The first kappa shape index (κ1) is 15.8. The van der Waals surface area contributed by atoms with Crippen LogP contribution in [0.4, 0.5) is 0 Å². The van der Waals surface area contributed by atoms with Gasteiger partial charge in [-0.1, -0.05) is 19.3 Å². The number of Topliss-reactive ketones (excluding diaryl/α,β-unsaturated/α-hetero) is 1. The number of methoxy groups -OCH3 is 1. The summed E-state index contributed by atoms with van der Waals surface area (Å²) >= 11 is 6.85. The molecule has 20 heavy (non-hydrogen) atoms. The van der Waals surface area contributed by atoms with Crippen LogP contribution in [0.5, 0.6) is 11.5 Å². The van der Waals surface area contributed by atoms with Crippen molar-refractivity contribution in [1.29, 1.82) is 0 Å². The minimum atomic E-state index is 0.141. The summed E-state index contributed by atoms with van der Waals surface area (Å²) in [5.74, 6) is 1.78. The zero-order valence-corrected chi connectivity index (χ0v) is 14.6. The van der Waals surface area contributed by atoms with Gasteiger partial charge in [-0.2, -0.15) is 0 Å². The molecule has 1 aromatic rings. The zero-order valence-electron chi connectivity index (χ0n) is 11.5. The number of carbonyl (C=O) groups excluding carboxylic acids is 1. The number of ether oxygens (including phenoxy) is 2. The highest BCUT2D eigenvalue weighted by molar-refractivity contribution is 9.11. The van der Waals surface area contributed by atoms with E-state index in [9.17, 15) is 4.79 Å². The van der Waals surface area contributed by atoms with Gasteiger partial charge < -0.3 is 9.47 Å². The molecule has 1 aliphatic rings. The molecule has 0 N–H and O–H groups in total. The molecule has 0 atom stereocenters. The maximum Gasteiger partial charge on any atom is 0.173 e. The first-order valence-corrected chi connectivity index (χ1v) is 8.39. The highest BCUT2D eigenvalue weighted by atomic mass is 79.9. The van der Waals surface area contributed by atoms with Crippen molar-refractivity contribution in [2.24, 2.45) is 5.92 Å². The number of rotatable bonds is 5. The molecule has 110 valence electrons. The molecular formula is C15H18Br2O3. The predicted octanol–water partition coefficient (Wildman–Crippen LogP) is 4.75. The van der Waals surface area contributed by atoms with E-state index in [-0.39, 0.29) is 18.3 Å². The standard InChI is InChI=1S/C15H18Br2O3/c1-19-14-7-12(17)15(8-11(14)16)20-9-13(18)10-5-3-2-4-6-10/h7-8,10H,2-6,9H2,1H3. The minimum Gasteiger partial charge on any atom is -0.496 e. The second-order valence-electron chi connectivity index (χ2n) is 5.01. The van der Waals surface area contributed by atoms with Gasteiger partial charge in [-0.25, -0.2) is 0 Å². The molecule has 0 radical (unpaired) electrons. The number of halogens is 2. The summed E-state index contributed by atoms with van der Waals surface area (Å²) in [6.07, 6.45) is 5.59. The van der Waals surface area contributed by atoms with Crippen molar-refractivity contribution in [3.05, 3.63) is 21.1 Å². The number of benzene rings is 1. The van der Waals surface area contributed by atoms with Crippen LogP contribution in [0.3, 0.4) is 0 Å². The van der Waals surface area contributed by atoms with Crippen LogP contribution < -0.4 is 9.47 Å². The molecule has 5 heteroatoms. The van der Waals surface area contributed by atoms with Gasteiger partial charge in [0.05, 0.1) is 16.1 Å². The quantitative estimate of drug-likeness (QED) is 0.709. The molecule has 2 rings (SSSR count). The van der Waals surface area contributed by atoms with Gasteiger partial charge in [0.1, 0.15) is 18.1 Å². The van der Waals surface area contributed by atoms with Crippen LogP contribution in [0.15, 0.2) is 21.1 Å². The van der Waals surface area contributed by atoms with Crippen LogP contribution in [0, 0.1) is 5.92 Å². The molecule has 1 fully saturated rings. The molecule has 0 aromatic heterocycles. The van der Waals surface area contributed by atoms with Crippen LogP contribution >= 0.6 is 31.9 Å². The van der Waals surface area contributed by atoms with E-state index in [1.165, 1.54) is 6.42 Å². The second-order valence-corrected chi connectivity index (χ2v) is 6.72. The van der Waals surface area contributed by atoms with Crippen molar-refractivity contribution in [3.8, 4) is 11.5 Å². The molecule has 0 saturated heterocycles. The number of carbonyl (C=O) groups is 1. The Morgan fingerprint density at radius 2 is 1.75 bits per heavy atom. The van der Waals surface area contributed by atoms with E-state index in [0.717, 1.165) is 40.4 Å². The summed E-state index contributed by atoms with van der Waals surface area (Å²) in [6.45, 7) is 0.141. The fourth-order valence-corrected chi connectivity index (χ4v) is 3.39. The molecule has 0 bridgehead atoms. The summed E-state index contributed by atoms with van der Waals surface area (Å²) < 4.78 is 12.4. The lowest BCUT2D eigenvalue weighted by Crippen LogP contribution is -2.23. The Kier molecular flexibility index (Phi) is 5.90. The number of hydrogen-bond acceptors (Lipinski definition) is 3. The molecule has 3 nitrogen and oxygen atoms in total. The summed E-state index contributed by atoms with van der Waals surface area (Å²) in [6, 6.07) is 3.64. The van der Waals surface area contributed by atoms with Gasteiger partial charge in [-0.3, -0.25) is 4.79 Å². The summed E-state index contributed by atoms with van der Waals surface area (Å²) in [7, 11) is 1.61. The van der Waals surface area contributed by atoms with Crippen LogP contribution in [-0.2, 0) is 4.79 Å². The third kappa shape index (κ3) is 3.98. The Morgan fingerprint density at radius 1 is 1.15 bits per heavy atom. The van der Waals surface area contributed by atoms with Crippen LogP contribution in [0.25, 0.3) is 0 Å². The zero-order chi connectivity index (χ0) is 14.5. The van der Waals surface area contributed by atoms with E-state index < -0.39 is 0 Å². The Bertz CT molecular complexity index is 482. The molecule has 0 aliphatic heterocycles. The van der Waals surface area contributed by atoms with E-state index in [1.54, 1.807) is 7.11 Å². The molecule has 0 unspecified atom stereocenters. The van der Waals surface area contributed by atoms with Gasteiger partial charge >= 0.3 is 0 Å². The third-order valence-electron chi connectivity index (χ3n) is 3.64. The Labute approximate surface area is 136 Å².